The summed E-state index contributed by atoms with van der Waals surface area (Å²) in [4.78, 5) is 23.1. The van der Waals surface area contributed by atoms with Gasteiger partial charge in [0.05, 0.1) is 24.1 Å². The Morgan fingerprint density at radius 1 is 1.26 bits per heavy atom. The van der Waals surface area contributed by atoms with E-state index in [1.54, 1.807) is 6.07 Å². The van der Waals surface area contributed by atoms with Crippen molar-refractivity contribution in [3.63, 3.8) is 0 Å². The Kier molecular flexibility index (Phi) is 5.18. The summed E-state index contributed by atoms with van der Waals surface area (Å²) >= 11 is 5.91. The van der Waals surface area contributed by atoms with Crippen LogP contribution < -0.4 is 15.8 Å². The first-order valence-electron chi connectivity index (χ1n) is 6.62. The molecule has 0 radical (unpaired) electrons. The van der Waals surface area contributed by atoms with E-state index in [4.69, 9.17) is 22.1 Å². The average Bonchev–Trinajstić information content (AvgIpc) is 2.47. The number of primary amides is 1. The molecule has 0 saturated heterocycles. The molecule has 0 heterocycles. The van der Waals surface area contributed by atoms with Crippen LogP contribution in [0.4, 0.5) is 10.1 Å². The third kappa shape index (κ3) is 4.20. The zero-order chi connectivity index (χ0) is 17.0. The van der Waals surface area contributed by atoms with Crippen molar-refractivity contribution in [3.8, 4) is 5.75 Å². The van der Waals surface area contributed by atoms with E-state index < -0.39 is 11.7 Å². The fourth-order valence-electron chi connectivity index (χ4n) is 2.00. The molecular weight excluding hydrogens is 323 g/mol. The van der Waals surface area contributed by atoms with Gasteiger partial charge in [-0.2, -0.15) is 0 Å². The summed E-state index contributed by atoms with van der Waals surface area (Å²) in [6.07, 6.45) is -0.0178. The van der Waals surface area contributed by atoms with Gasteiger partial charge in [-0.1, -0.05) is 17.7 Å². The molecule has 2 rings (SSSR count). The molecule has 0 spiro atoms. The molecule has 3 N–H and O–H groups in total. The summed E-state index contributed by atoms with van der Waals surface area (Å²) in [6, 6.07) is 8.66. The normalized spacial score (nSPS) is 10.2. The van der Waals surface area contributed by atoms with Crippen molar-refractivity contribution in [1.29, 1.82) is 0 Å². The van der Waals surface area contributed by atoms with Gasteiger partial charge in [-0.05, 0) is 35.9 Å². The maximum absolute atomic E-state index is 13.6. The largest absolute Gasteiger partial charge is 0.494 e. The van der Waals surface area contributed by atoms with E-state index in [-0.39, 0.29) is 28.7 Å². The maximum atomic E-state index is 13.6. The van der Waals surface area contributed by atoms with E-state index in [1.807, 2.05) is 0 Å². The number of benzene rings is 2. The van der Waals surface area contributed by atoms with Crippen LogP contribution in [0.25, 0.3) is 0 Å². The predicted octanol–water partition coefficient (Wildman–Crippen LogP) is 2.77. The lowest BCUT2D eigenvalue weighted by Gasteiger charge is -2.08. The van der Waals surface area contributed by atoms with E-state index >= 15 is 0 Å². The lowest BCUT2D eigenvalue weighted by Crippen LogP contribution is -2.15. The van der Waals surface area contributed by atoms with Gasteiger partial charge in [0.15, 0.2) is 11.6 Å². The van der Waals surface area contributed by atoms with Crippen LogP contribution in [0.3, 0.4) is 0 Å². The van der Waals surface area contributed by atoms with Crippen LogP contribution in [0.15, 0.2) is 36.4 Å². The Hall–Kier alpha value is -2.60. The molecule has 120 valence electrons. The quantitative estimate of drug-likeness (QED) is 0.880. The summed E-state index contributed by atoms with van der Waals surface area (Å²) < 4.78 is 18.4. The first-order valence-corrected chi connectivity index (χ1v) is 7.00. The van der Waals surface area contributed by atoms with Gasteiger partial charge in [0.1, 0.15) is 0 Å². The standard InChI is InChI=1S/C16H14ClFN2O3/c1-23-14-5-2-9(6-13(14)18)7-15(21)20-10-3-4-11(16(19)22)12(17)8-10/h2-6,8H,7H2,1H3,(H2,19,22)(H,20,21). The summed E-state index contributed by atoms with van der Waals surface area (Å²) in [6.45, 7) is 0. The van der Waals surface area contributed by atoms with Crippen molar-refractivity contribution in [3.05, 3.63) is 58.4 Å². The number of hydrogen-bond acceptors (Lipinski definition) is 3. The van der Waals surface area contributed by atoms with Crippen molar-refractivity contribution in [2.45, 2.75) is 6.42 Å². The minimum atomic E-state index is -0.651. The van der Waals surface area contributed by atoms with E-state index in [1.165, 1.54) is 37.4 Å². The minimum absolute atomic E-state index is 0.0178. The van der Waals surface area contributed by atoms with Gasteiger partial charge in [0, 0.05) is 5.69 Å². The predicted molar refractivity (Wildman–Crippen MR) is 85.3 cm³/mol. The summed E-state index contributed by atoms with van der Waals surface area (Å²) in [5, 5.41) is 2.76. The fraction of sp³-hybridized carbons (Fsp3) is 0.125. The lowest BCUT2D eigenvalue weighted by atomic mass is 10.1. The summed E-state index contributed by atoms with van der Waals surface area (Å²) in [5.41, 5.74) is 6.23. The molecule has 0 aliphatic carbocycles. The molecule has 0 unspecified atom stereocenters. The number of nitrogens with one attached hydrogen (secondary N) is 1. The second-order valence-electron chi connectivity index (χ2n) is 4.75. The highest BCUT2D eigenvalue weighted by molar-refractivity contribution is 6.34. The molecule has 0 saturated carbocycles. The van der Waals surface area contributed by atoms with Crippen LogP contribution in [0.5, 0.6) is 5.75 Å². The number of carbonyl (C=O) groups excluding carboxylic acids is 2. The Labute approximate surface area is 137 Å². The van der Waals surface area contributed by atoms with Gasteiger partial charge in [0.25, 0.3) is 0 Å². The number of halogens is 2. The number of anilines is 1. The van der Waals surface area contributed by atoms with Gasteiger partial charge in [-0.3, -0.25) is 9.59 Å². The third-order valence-electron chi connectivity index (χ3n) is 3.10. The molecule has 7 heteroatoms. The molecule has 0 aliphatic heterocycles. The van der Waals surface area contributed by atoms with E-state index in [0.717, 1.165) is 0 Å². The lowest BCUT2D eigenvalue weighted by molar-refractivity contribution is -0.115. The number of methoxy groups -OCH3 is 1. The van der Waals surface area contributed by atoms with Crippen LogP contribution in [-0.4, -0.2) is 18.9 Å². The highest BCUT2D eigenvalue weighted by Gasteiger charge is 2.11. The van der Waals surface area contributed by atoms with Crippen LogP contribution in [0, 0.1) is 5.82 Å². The second-order valence-corrected chi connectivity index (χ2v) is 5.16. The molecule has 0 aromatic heterocycles. The molecule has 0 aliphatic rings. The van der Waals surface area contributed by atoms with Crippen LogP contribution in [0.1, 0.15) is 15.9 Å². The van der Waals surface area contributed by atoms with Crippen LogP contribution >= 0.6 is 11.6 Å². The fourth-order valence-corrected chi connectivity index (χ4v) is 2.28. The van der Waals surface area contributed by atoms with E-state index in [2.05, 4.69) is 5.32 Å². The minimum Gasteiger partial charge on any atom is -0.494 e. The topological polar surface area (TPSA) is 81.4 Å². The van der Waals surface area contributed by atoms with Crippen molar-refractivity contribution >= 4 is 29.1 Å². The average molecular weight is 337 g/mol. The molecule has 23 heavy (non-hydrogen) atoms. The monoisotopic (exact) mass is 336 g/mol. The number of hydrogen-bond donors (Lipinski definition) is 2. The Morgan fingerprint density at radius 2 is 2.00 bits per heavy atom. The first-order chi connectivity index (χ1) is 10.9. The zero-order valence-corrected chi connectivity index (χ0v) is 13.0. The molecule has 2 aromatic carbocycles. The third-order valence-corrected chi connectivity index (χ3v) is 3.41. The molecule has 2 amide bonds. The Morgan fingerprint density at radius 3 is 2.57 bits per heavy atom. The van der Waals surface area contributed by atoms with E-state index in [0.29, 0.717) is 11.3 Å². The molecule has 0 bridgehead atoms. The smallest absolute Gasteiger partial charge is 0.250 e. The molecular formula is C16H14ClFN2O3. The van der Waals surface area contributed by atoms with Gasteiger partial charge < -0.3 is 15.8 Å². The van der Waals surface area contributed by atoms with Crippen molar-refractivity contribution in [2.24, 2.45) is 5.73 Å². The zero-order valence-electron chi connectivity index (χ0n) is 12.2. The van der Waals surface area contributed by atoms with Crippen molar-refractivity contribution in [1.82, 2.24) is 0 Å². The first kappa shape index (κ1) is 16.8. The van der Waals surface area contributed by atoms with Crippen molar-refractivity contribution in [2.75, 3.05) is 12.4 Å². The van der Waals surface area contributed by atoms with E-state index in [9.17, 15) is 14.0 Å². The number of rotatable bonds is 5. The summed E-state index contributed by atoms with van der Waals surface area (Å²) in [5.74, 6) is -1.42. The van der Waals surface area contributed by atoms with Crippen molar-refractivity contribution < 1.29 is 18.7 Å². The van der Waals surface area contributed by atoms with Gasteiger partial charge in [-0.15, -0.1) is 0 Å². The van der Waals surface area contributed by atoms with Gasteiger partial charge in [-0.25, -0.2) is 4.39 Å². The number of amides is 2. The number of nitrogens with two attached hydrogens (primary N) is 1. The highest BCUT2D eigenvalue weighted by atomic mass is 35.5. The SMILES string of the molecule is COc1ccc(CC(=O)Nc2ccc(C(N)=O)c(Cl)c2)cc1F. The summed E-state index contributed by atoms with van der Waals surface area (Å²) in [7, 11) is 1.37. The van der Waals surface area contributed by atoms with Crippen LogP contribution in [-0.2, 0) is 11.2 Å². The molecule has 0 fully saturated rings. The molecule has 2 aromatic rings. The van der Waals surface area contributed by atoms with Gasteiger partial charge >= 0.3 is 0 Å². The molecule has 0 atom stereocenters. The Bertz CT molecular complexity index is 765. The molecule has 5 nitrogen and oxygen atoms in total. The number of ether oxygens (including phenoxy) is 1. The maximum Gasteiger partial charge on any atom is 0.250 e. The second kappa shape index (κ2) is 7.11. The van der Waals surface area contributed by atoms with Gasteiger partial charge in [0.2, 0.25) is 11.8 Å². The Balaban J connectivity index is 2.06. The highest BCUT2D eigenvalue weighted by Crippen LogP contribution is 2.21. The number of carbonyl (C=O) groups is 2. The van der Waals surface area contributed by atoms with Crippen LogP contribution in [0.2, 0.25) is 5.02 Å².